The Balaban J connectivity index is 2.04. The summed E-state index contributed by atoms with van der Waals surface area (Å²) in [7, 11) is 3.96. The van der Waals surface area contributed by atoms with Gasteiger partial charge in [-0.15, -0.1) is 0 Å². The fourth-order valence-electron chi connectivity index (χ4n) is 3.19. The fraction of sp³-hybridized carbons (Fsp3) is 0.632. The number of hydrogen-bond donors (Lipinski definition) is 3. The maximum Gasteiger partial charge on any atom is 0.191 e. The predicted molar refractivity (Wildman–Crippen MR) is 100 cm³/mol. The number of aliphatic hydroxyl groups is 1. The Kier molecular flexibility index (Phi) is 7.65. The number of halogens is 1. The Hall–Kier alpha value is -1.66. The molecule has 5 nitrogen and oxygen atoms in total. The zero-order valence-corrected chi connectivity index (χ0v) is 15.5. The van der Waals surface area contributed by atoms with E-state index in [0.29, 0.717) is 12.6 Å². The van der Waals surface area contributed by atoms with Crippen LogP contribution in [0.2, 0.25) is 0 Å². The monoisotopic (exact) mass is 350 g/mol. The van der Waals surface area contributed by atoms with Gasteiger partial charge < -0.3 is 20.6 Å². The Labute approximate surface area is 150 Å². The molecule has 3 N–H and O–H groups in total. The number of likely N-dealkylation sites (N-methyl/N-ethyl adjacent to an activating group) is 1. The van der Waals surface area contributed by atoms with E-state index in [9.17, 15) is 9.50 Å². The van der Waals surface area contributed by atoms with Gasteiger partial charge in [0.05, 0.1) is 18.7 Å². The van der Waals surface area contributed by atoms with Crippen LogP contribution >= 0.6 is 0 Å². The fourth-order valence-corrected chi connectivity index (χ4v) is 3.19. The second kappa shape index (κ2) is 9.73. The Morgan fingerprint density at radius 2 is 2.04 bits per heavy atom. The number of guanidine groups is 1. The van der Waals surface area contributed by atoms with Crippen LogP contribution in [0.25, 0.3) is 0 Å². The van der Waals surface area contributed by atoms with Crippen molar-refractivity contribution in [2.45, 2.75) is 50.8 Å². The average molecular weight is 350 g/mol. The quantitative estimate of drug-likeness (QED) is 0.544. The van der Waals surface area contributed by atoms with E-state index < -0.39 is 0 Å². The van der Waals surface area contributed by atoms with Crippen LogP contribution in [0.4, 0.5) is 4.39 Å². The molecule has 1 aliphatic carbocycles. The summed E-state index contributed by atoms with van der Waals surface area (Å²) in [6, 6.07) is 7.06. The van der Waals surface area contributed by atoms with Gasteiger partial charge in [-0.3, -0.25) is 4.99 Å². The molecule has 0 radical (unpaired) electrons. The van der Waals surface area contributed by atoms with Gasteiger partial charge in [-0.05, 0) is 64.4 Å². The third-order valence-electron chi connectivity index (χ3n) is 4.66. The second-order valence-corrected chi connectivity index (χ2v) is 6.90. The molecule has 1 saturated carbocycles. The van der Waals surface area contributed by atoms with Crippen molar-refractivity contribution < 1.29 is 9.50 Å². The maximum absolute atomic E-state index is 13.6. The molecule has 6 heteroatoms. The van der Waals surface area contributed by atoms with Gasteiger partial charge in [0.15, 0.2) is 5.96 Å². The summed E-state index contributed by atoms with van der Waals surface area (Å²) in [6.07, 6.45) is 3.41. The molecule has 0 spiro atoms. The lowest BCUT2D eigenvalue weighted by Crippen LogP contribution is -2.45. The summed E-state index contributed by atoms with van der Waals surface area (Å²) in [5, 5.41) is 16.4. The summed E-state index contributed by atoms with van der Waals surface area (Å²) >= 11 is 0. The van der Waals surface area contributed by atoms with Gasteiger partial charge in [-0.2, -0.15) is 0 Å². The molecule has 1 aromatic carbocycles. The van der Waals surface area contributed by atoms with Gasteiger partial charge in [0.1, 0.15) is 5.82 Å². The average Bonchev–Trinajstić information content (AvgIpc) is 2.57. The Bertz CT molecular complexity index is 556. The number of aliphatic hydroxyl groups excluding tert-OH is 1. The molecule has 0 heterocycles. The van der Waals surface area contributed by atoms with E-state index in [4.69, 9.17) is 4.99 Å². The van der Waals surface area contributed by atoms with Crippen LogP contribution in [0.15, 0.2) is 29.3 Å². The molecule has 1 aliphatic rings. The van der Waals surface area contributed by atoms with Crippen molar-refractivity contribution in [3.63, 3.8) is 0 Å². The van der Waals surface area contributed by atoms with E-state index >= 15 is 0 Å². The highest BCUT2D eigenvalue weighted by Gasteiger charge is 2.20. The molecule has 1 aromatic rings. The van der Waals surface area contributed by atoms with Gasteiger partial charge in [-0.25, -0.2) is 4.39 Å². The van der Waals surface area contributed by atoms with Crippen molar-refractivity contribution in [2.24, 2.45) is 4.99 Å². The zero-order chi connectivity index (χ0) is 18.2. The summed E-state index contributed by atoms with van der Waals surface area (Å²) < 4.78 is 13.6. The van der Waals surface area contributed by atoms with Crippen molar-refractivity contribution in [1.82, 2.24) is 15.5 Å². The van der Waals surface area contributed by atoms with Gasteiger partial charge in [0.2, 0.25) is 0 Å². The number of hydrogen-bond acceptors (Lipinski definition) is 3. The minimum atomic E-state index is -0.223. The van der Waals surface area contributed by atoms with E-state index in [1.54, 1.807) is 12.1 Å². The van der Waals surface area contributed by atoms with Gasteiger partial charge in [0, 0.05) is 12.6 Å². The maximum atomic E-state index is 13.6. The highest BCUT2D eigenvalue weighted by atomic mass is 19.1. The second-order valence-electron chi connectivity index (χ2n) is 6.90. The number of aliphatic imine (C=N–C) groups is 1. The van der Waals surface area contributed by atoms with Crippen LogP contribution in [0.3, 0.4) is 0 Å². The molecule has 140 valence electrons. The van der Waals surface area contributed by atoms with E-state index in [0.717, 1.165) is 43.8 Å². The minimum absolute atomic E-state index is 0.0133. The molecule has 0 amide bonds. The number of nitrogens with one attached hydrogen (secondary N) is 2. The molecular weight excluding hydrogens is 319 g/mol. The predicted octanol–water partition coefficient (Wildman–Crippen LogP) is 2.29. The molecule has 1 atom stereocenters. The van der Waals surface area contributed by atoms with Crippen molar-refractivity contribution in [3.8, 4) is 0 Å². The van der Waals surface area contributed by atoms with Crippen LogP contribution in [0.1, 0.15) is 44.2 Å². The van der Waals surface area contributed by atoms with Crippen LogP contribution in [0, 0.1) is 5.82 Å². The van der Waals surface area contributed by atoms with Crippen LogP contribution in [-0.2, 0) is 0 Å². The van der Waals surface area contributed by atoms with Gasteiger partial charge in [-0.1, -0.05) is 12.1 Å². The third-order valence-corrected chi connectivity index (χ3v) is 4.66. The SMILES string of the molecule is CCNC(=NCC(c1cccc(F)c1)N(C)C)NC1CCC(O)CC1. The highest BCUT2D eigenvalue weighted by Crippen LogP contribution is 2.20. The molecular formula is C19H31FN4O. The molecule has 2 rings (SSSR count). The van der Waals surface area contributed by atoms with Gasteiger partial charge in [0.25, 0.3) is 0 Å². The van der Waals surface area contributed by atoms with E-state index in [1.165, 1.54) is 6.07 Å². The normalized spacial score (nSPS) is 22.7. The summed E-state index contributed by atoms with van der Waals surface area (Å²) in [5.41, 5.74) is 0.922. The molecule has 0 aliphatic heterocycles. The van der Waals surface area contributed by atoms with Crippen LogP contribution < -0.4 is 10.6 Å². The molecule has 1 fully saturated rings. The smallest absolute Gasteiger partial charge is 0.191 e. The largest absolute Gasteiger partial charge is 0.393 e. The Morgan fingerprint density at radius 3 is 2.64 bits per heavy atom. The number of nitrogens with zero attached hydrogens (tertiary/aromatic N) is 2. The first-order chi connectivity index (χ1) is 12.0. The zero-order valence-electron chi connectivity index (χ0n) is 15.5. The molecule has 25 heavy (non-hydrogen) atoms. The number of benzene rings is 1. The highest BCUT2D eigenvalue weighted by molar-refractivity contribution is 5.80. The molecule has 0 saturated heterocycles. The molecule has 0 aromatic heterocycles. The van der Waals surface area contributed by atoms with Crippen LogP contribution in [-0.4, -0.2) is 55.3 Å². The topological polar surface area (TPSA) is 59.9 Å². The first-order valence-electron chi connectivity index (χ1n) is 9.14. The Morgan fingerprint density at radius 1 is 1.32 bits per heavy atom. The lowest BCUT2D eigenvalue weighted by molar-refractivity contribution is 0.120. The van der Waals surface area contributed by atoms with Crippen molar-refractivity contribution in [2.75, 3.05) is 27.2 Å². The van der Waals surface area contributed by atoms with Crippen molar-refractivity contribution in [1.29, 1.82) is 0 Å². The lowest BCUT2D eigenvalue weighted by atomic mass is 9.93. The van der Waals surface area contributed by atoms with E-state index in [1.807, 2.05) is 27.1 Å². The van der Waals surface area contributed by atoms with Crippen molar-refractivity contribution in [3.05, 3.63) is 35.6 Å². The summed E-state index contributed by atoms with van der Waals surface area (Å²) in [5.74, 6) is 0.561. The van der Waals surface area contributed by atoms with E-state index in [-0.39, 0.29) is 18.0 Å². The minimum Gasteiger partial charge on any atom is -0.393 e. The first-order valence-corrected chi connectivity index (χ1v) is 9.14. The van der Waals surface area contributed by atoms with E-state index in [2.05, 4.69) is 15.5 Å². The van der Waals surface area contributed by atoms with Gasteiger partial charge >= 0.3 is 0 Å². The number of rotatable bonds is 6. The molecule has 1 unspecified atom stereocenters. The van der Waals surface area contributed by atoms with Crippen molar-refractivity contribution >= 4 is 5.96 Å². The first kappa shape index (κ1) is 19.7. The third kappa shape index (κ3) is 6.29. The standard InChI is InChI=1S/C19H31FN4O/c1-4-21-19(23-16-8-10-17(25)11-9-16)22-13-18(24(2)3)14-6-5-7-15(20)12-14/h5-7,12,16-18,25H,4,8-11,13H2,1-3H3,(H2,21,22,23). The molecule has 0 bridgehead atoms. The van der Waals surface area contributed by atoms with Crippen LogP contribution in [0.5, 0.6) is 0 Å². The summed E-state index contributed by atoms with van der Waals surface area (Å²) in [6.45, 7) is 3.37. The lowest BCUT2D eigenvalue weighted by Gasteiger charge is -2.28. The summed E-state index contributed by atoms with van der Waals surface area (Å²) in [4.78, 5) is 6.78.